The van der Waals surface area contributed by atoms with Crippen LogP contribution >= 0.6 is 11.8 Å². The van der Waals surface area contributed by atoms with Crippen molar-refractivity contribution in [2.75, 3.05) is 5.32 Å². The van der Waals surface area contributed by atoms with Gasteiger partial charge in [-0.1, -0.05) is 54.2 Å². The summed E-state index contributed by atoms with van der Waals surface area (Å²) in [4.78, 5) is 25.0. The molecule has 162 valence electrons. The van der Waals surface area contributed by atoms with E-state index in [4.69, 9.17) is 4.42 Å². The number of hydrogen-bond acceptors (Lipinski definition) is 6. The fourth-order valence-corrected chi connectivity index (χ4v) is 4.30. The van der Waals surface area contributed by atoms with Gasteiger partial charge in [0.25, 0.3) is 0 Å². The van der Waals surface area contributed by atoms with Gasteiger partial charge in [0.15, 0.2) is 16.8 Å². The second-order valence-electron chi connectivity index (χ2n) is 7.29. The molecule has 4 rings (SSSR count). The van der Waals surface area contributed by atoms with Crippen LogP contribution in [0.1, 0.15) is 33.9 Å². The van der Waals surface area contributed by atoms with Crippen LogP contribution in [0.25, 0.3) is 11.4 Å². The quantitative estimate of drug-likeness (QED) is 0.315. The summed E-state index contributed by atoms with van der Waals surface area (Å²) in [6.07, 6.45) is 1.61. The molecule has 0 saturated carbocycles. The maximum atomic E-state index is 13.3. The molecular formula is C24H22N4O3S. The lowest BCUT2D eigenvalue weighted by molar-refractivity contribution is -0.115. The summed E-state index contributed by atoms with van der Waals surface area (Å²) in [7, 11) is 1.86. The van der Waals surface area contributed by atoms with Gasteiger partial charge in [0.1, 0.15) is 11.0 Å². The summed E-state index contributed by atoms with van der Waals surface area (Å²) in [5.74, 6) is 1.14. The summed E-state index contributed by atoms with van der Waals surface area (Å²) in [5, 5.41) is 11.6. The molecule has 2 aromatic heterocycles. The first kappa shape index (κ1) is 21.6. The van der Waals surface area contributed by atoms with Gasteiger partial charge in [0.2, 0.25) is 5.91 Å². The predicted octanol–water partition coefficient (Wildman–Crippen LogP) is 5.06. The number of Topliss-reactive ketones (excluding diaryl/α,β-unsaturated/α-hetero) is 1. The number of nitrogens with zero attached hydrogens (tertiary/aromatic N) is 3. The Morgan fingerprint density at radius 2 is 1.84 bits per heavy atom. The van der Waals surface area contributed by atoms with E-state index in [9.17, 15) is 9.59 Å². The minimum absolute atomic E-state index is 0.0590. The molecule has 1 atom stereocenters. The van der Waals surface area contributed by atoms with Crippen LogP contribution in [0.15, 0.2) is 76.5 Å². The van der Waals surface area contributed by atoms with Gasteiger partial charge in [-0.05, 0) is 37.6 Å². The smallest absolute Gasteiger partial charge is 0.242 e. The van der Waals surface area contributed by atoms with Gasteiger partial charge < -0.3 is 14.3 Å². The minimum atomic E-state index is -0.571. The van der Waals surface area contributed by atoms with Crippen LogP contribution in [-0.4, -0.2) is 26.5 Å². The molecule has 0 aliphatic carbocycles. The van der Waals surface area contributed by atoms with Gasteiger partial charge >= 0.3 is 0 Å². The fourth-order valence-electron chi connectivity index (χ4n) is 3.30. The van der Waals surface area contributed by atoms with Crippen molar-refractivity contribution in [2.24, 2.45) is 7.05 Å². The van der Waals surface area contributed by atoms with Gasteiger partial charge in [-0.2, -0.15) is 0 Å². The Hall–Kier alpha value is -3.65. The topological polar surface area (TPSA) is 90.0 Å². The Balaban J connectivity index is 1.63. The summed E-state index contributed by atoms with van der Waals surface area (Å²) in [6.45, 7) is 3.36. The zero-order valence-corrected chi connectivity index (χ0v) is 18.7. The Morgan fingerprint density at radius 1 is 1.06 bits per heavy atom. The van der Waals surface area contributed by atoms with Crippen molar-refractivity contribution >= 4 is 29.1 Å². The number of furan rings is 1. The molecule has 2 heterocycles. The van der Waals surface area contributed by atoms with Crippen molar-refractivity contribution in [3.8, 4) is 11.4 Å². The lowest BCUT2D eigenvalue weighted by atomic mass is 10.1. The first-order valence-electron chi connectivity index (χ1n) is 10.0. The molecule has 1 unspecified atom stereocenters. The van der Waals surface area contributed by atoms with Crippen LogP contribution in [0, 0.1) is 6.92 Å². The molecule has 0 saturated heterocycles. The average Bonchev–Trinajstić information content (AvgIpc) is 3.37. The summed E-state index contributed by atoms with van der Waals surface area (Å²) in [5.41, 5.74) is 2.80. The number of amides is 1. The average molecular weight is 447 g/mol. The normalized spacial score (nSPS) is 11.8. The molecule has 0 radical (unpaired) electrons. The standard InChI is InChI=1S/C24H22N4O3S/c1-15(29)18-10-7-11-19(14-18)25-23(30)21(17-8-5-4-6-9-17)32-24-27-26-22(28(24)3)20-12-13-31-16(20)2/h4-14,21H,1-3H3,(H,25,30). The molecule has 0 aliphatic heterocycles. The summed E-state index contributed by atoms with van der Waals surface area (Å²) >= 11 is 1.31. The molecule has 1 N–H and O–H groups in total. The second kappa shape index (κ2) is 9.23. The third kappa shape index (κ3) is 4.50. The van der Waals surface area contributed by atoms with Gasteiger partial charge in [-0.25, -0.2) is 0 Å². The summed E-state index contributed by atoms with van der Waals surface area (Å²) in [6, 6.07) is 18.3. The van der Waals surface area contributed by atoms with Gasteiger partial charge in [0, 0.05) is 18.3 Å². The van der Waals surface area contributed by atoms with Crippen molar-refractivity contribution in [1.29, 1.82) is 0 Å². The third-order valence-electron chi connectivity index (χ3n) is 5.03. The number of carbonyl (C=O) groups excluding carboxylic acids is 2. The van der Waals surface area contributed by atoms with Crippen LogP contribution in [0.5, 0.6) is 0 Å². The monoisotopic (exact) mass is 446 g/mol. The highest BCUT2D eigenvalue weighted by Gasteiger charge is 2.26. The minimum Gasteiger partial charge on any atom is -0.469 e. The number of hydrogen-bond donors (Lipinski definition) is 1. The molecule has 7 nitrogen and oxygen atoms in total. The number of rotatable bonds is 7. The molecular weight excluding hydrogens is 424 g/mol. The van der Waals surface area contributed by atoms with Crippen LogP contribution in [-0.2, 0) is 11.8 Å². The van der Waals surface area contributed by atoms with E-state index in [2.05, 4.69) is 15.5 Å². The Kier molecular flexibility index (Phi) is 6.23. The number of aryl methyl sites for hydroxylation is 1. The molecule has 8 heteroatoms. The second-order valence-corrected chi connectivity index (χ2v) is 8.36. The Bertz CT molecular complexity index is 1260. The molecule has 0 bridgehead atoms. The third-order valence-corrected chi connectivity index (χ3v) is 6.32. The van der Waals surface area contributed by atoms with E-state index in [1.807, 2.05) is 54.9 Å². The molecule has 0 aliphatic rings. The Morgan fingerprint density at radius 3 is 2.53 bits per heavy atom. The van der Waals surface area contributed by atoms with E-state index >= 15 is 0 Å². The maximum Gasteiger partial charge on any atom is 0.242 e. The highest BCUT2D eigenvalue weighted by atomic mass is 32.2. The van der Waals surface area contributed by atoms with Crippen molar-refractivity contribution in [3.05, 3.63) is 83.8 Å². The highest BCUT2D eigenvalue weighted by Crippen LogP contribution is 2.36. The van der Waals surface area contributed by atoms with Crippen molar-refractivity contribution in [1.82, 2.24) is 14.8 Å². The first-order chi connectivity index (χ1) is 15.4. The van der Waals surface area contributed by atoms with E-state index < -0.39 is 5.25 Å². The lowest BCUT2D eigenvalue weighted by Gasteiger charge is -2.17. The van der Waals surface area contributed by atoms with Crippen LogP contribution < -0.4 is 5.32 Å². The van der Waals surface area contributed by atoms with Crippen molar-refractivity contribution < 1.29 is 14.0 Å². The highest BCUT2D eigenvalue weighted by molar-refractivity contribution is 8.00. The van der Waals surface area contributed by atoms with E-state index in [1.165, 1.54) is 18.7 Å². The van der Waals surface area contributed by atoms with Gasteiger partial charge in [-0.3, -0.25) is 9.59 Å². The van der Waals surface area contributed by atoms with E-state index in [1.54, 1.807) is 30.5 Å². The fraction of sp³-hybridized carbons (Fsp3) is 0.167. The van der Waals surface area contributed by atoms with Crippen molar-refractivity contribution in [2.45, 2.75) is 24.3 Å². The summed E-state index contributed by atoms with van der Waals surface area (Å²) < 4.78 is 7.24. The Labute approximate surface area is 189 Å². The zero-order chi connectivity index (χ0) is 22.7. The molecule has 0 fully saturated rings. The number of carbonyl (C=O) groups is 2. The molecule has 0 spiro atoms. The first-order valence-corrected chi connectivity index (χ1v) is 10.9. The van der Waals surface area contributed by atoms with E-state index in [-0.39, 0.29) is 11.7 Å². The van der Waals surface area contributed by atoms with Crippen LogP contribution in [0.4, 0.5) is 5.69 Å². The molecule has 2 aromatic carbocycles. The molecule has 1 amide bonds. The molecule has 4 aromatic rings. The number of nitrogens with one attached hydrogen (secondary N) is 1. The van der Waals surface area contributed by atoms with Crippen LogP contribution in [0.3, 0.4) is 0 Å². The predicted molar refractivity (Wildman–Crippen MR) is 124 cm³/mol. The van der Waals surface area contributed by atoms with E-state index in [0.29, 0.717) is 22.2 Å². The van der Waals surface area contributed by atoms with Crippen molar-refractivity contribution in [3.63, 3.8) is 0 Å². The van der Waals surface area contributed by atoms with Gasteiger partial charge in [0.05, 0.1) is 11.8 Å². The number of anilines is 1. The van der Waals surface area contributed by atoms with E-state index in [0.717, 1.165) is 16.9 Å². The maximum absolute atomic E-state index is 13.3. The lowest BCUT2D eigenvalue weighted by Crippen LogP contribution is -2.19. The number of ketones is 1. The number of thioether (sulfide) groups is 1. The largest absolute Gasteiger partial charge is 0.469 e. The zero-order valence-electron chi connectivity index (χ0n) is 17.9. The SMILES string of the molecule is CC(=O)c1cccc(NC(=O)C(Sc2nnc(-c3ccoc3C)n2C)c2ccccc2)c1. The van der Waals surface area contributed by atoms with Gasteiger partial charge in [-0.15, -0.1) is 10.2 Å². The number of aromatic nitrogens is 3. The number of benzene rings is 2. The van der Waals surface area contributed by atoms with Crippen LogP contribution in [0.2, 0.25) is 0 Å². The molecule has 32 heavy (non-hydrogen) atoms.